The predicted octanol–water partition coefficient (Wildman–Crippen LogP) is 3.14. The molecule has 0 aromatic rings. The molecule has 0 N–H and O–H groups in total. The van der Waals surface area contributed by atoms with Crippen molar-refractivity contribution in [3.05, 3.63) is 0 Å². The van der Waals surface area contributed by atoms with Gasteiger partial charge in [-0.15, -0.1) is 11.6 Å². The minimum Gasteiger partial charge on any atom is -0.457 e. The van der Waals surface area contributed by atoms with Crippen molar-refractivity contribution < 1.29 is 9.53 Å². The van der Waals surface area contributed by atoms with Crippen molar-refractivity contribution in [2.24, 2.45) is 0 Å². The smallest absolute Gasteiger partial charge is 0.310 e. The molecule has 1 saturated heterocycles. The van der Waals surface area contributed by atoms with Crippen LogP contribution in [0.1, 0.15) is 0 Å². The standard InChI is InChI=1S/C7H10Cl4O2Si/c1-14(2,3-8)4-5(7(9,10)11)13-6(4)12/h4-5H,3H2,1-2H3/t4-,5-/m1/s1. The Morgan fingerprint density at radius 2 is 1.93 bits per heavy atom. The third-order valence-corrected chi connectivity index (χ3v) is 7.93. The largest absolute Gasteiger partial charge is 0.457 e. The van der Waals surface area contributed by atoms with E-state index >= 15 is 0 Å². The van der Waals surface area contributed by atoms with Gasteiger partial charge in [-0.05, 0) is 0 Å². The number of hydrogen-bond acceptors (Lipinski definition) is 2. The van der Waals surface area contributed by atoms with Gasteiger partial charge in [0.2, 0.25) is 3.79 Å². The van der Waals surface area contributed by atoms with Gasteiger partial charge in [0.25, 0.3) is 0 Å². The highest BCUT2D eigenvalue weighted by molar-refractivity contribution is 6.87. The number of cyclic esters (lactones) is 1. The lowest BCUT2D eigenvalue weighted by Crippen LogP contribution is -2.59. The van der Waals surface area contributed by atoms with Crippen molar-refractivity contribution in [3.8, 4) is 0 Å². The Morgan fingerprint density at radius 1 is 1.43 bits per heavy atom. The first-order valence-electron chi connectivity index (χ1n) is 4.03. The zero-order valence-corrected chi connectivity index (χ0v) is 11.7. The second-order valence-electron chi connectivity index (χ2n) is 4.00. The lowest BCUT2D eigenvalue weighted by molar-refractivity contribution is -0.169. The Labute approximate surface area is 104 Å². The van der Waals surface area contributed by atoms with Gasteiger partial charge in [0.05, 0.1) is 13.6 Å². The van der Waals surface area contributed by atoms with E-state index < -0.39 is 18.0 Å². The lowest BCUT2D eigenvalue weighted by atomic mass is 10.2. The van der Waals surface area contributed by atoms with Crippen molar-refractivity contribution in [2.45, 2.75) is 28.5 Å². The van der Waals surface area contributed by atoms with Gasteiger partial charge < -0.3 is 4.74 Å². The monoisotopic (exact) mass is 294 g/mol. The third kappa shape index (κ3) is 2.33. The van der Waals surface area contributed by atoms with Crippen molar-refractivity contribution in [1.82, 2.24) is 0 Å². The van der Waals surface area contributed by atoms with Gasteiger partial charge >= 0.3 is 5.97 Å². The van der Waals surface area contributed by atoms with Crippen LogP contribution in [0.15, 0.2) is 0 Å². The molecule has 0 radical (unpaired) electrons. The summed E-state index contributed by atoms with van der Waals surface area (Å²) >= 11 is 22.9. The van der Waals surface area contributed by atoms with E-state index in [0.717, 1.165) is 0 Å². The third-order valence-electron chi connectivity index (χ3n) is 2.31. The molecule has 1 rings (SSSR count). The molecule has 0 aromatic carbocycles. The highest BCUT2D eigenvalue weighted by Crippen LogP contribution is 2.49. The summed E-state index contributed by atoms with van der Waals surface area (Å²) in [6, 6.07) is 0. The molecule has 7 heteroatoms. The summed E-state index contributed by atoms with van der Waals surface area (Å²) in [7, 11) is -1.89. The van der Waals surface area contributed by atoms with Gasteiger partial charge in [0.1, 0.15) is 0 Å². The fourth-order valence-electron chi connectivity index (χ4n) is 1.39. The number of hydrogen-bond donors (Lipinski definition) is 0. The molecule has 0 amide bonds. The number of rotatable bonds is 2. The quantitative estimate of drug-likeness (QED) is 0.444. The van der Waals surface area contributed by atoms with Crippen LogP contribution in [-0.2, 0) is 9.53 Å². The van der Waals surface area contributed by atoms with Gasteiger partial charge in [0.15, 0.2) is 6.10 Å². The van der Waals surface area contributed by atoms with Crippen molar-refractivity contribution >= 4 is 60.4 Å². The number of ether oxygens (including phenoxy) is 1. The van der Waals surface area contributed by atoms with E-state index in [1.54, 1.807) is 0 Å². The van der Waals surface area contributed by atoms with E-state index in [9.17, 15) is 4.79 Å². The molecule has 0 bridgehead atoms. The van der Waals surface area contributed by atoms with E-state index in [-0.39, 0.29) is 11.5 Å². The summed E-state index contributed by atoms with van der Waals surface area (Å²) < 4.78 is 3.30. The van der Waals surface area contributed by atoms with E-state index in [1.807, 2.05) is 13.1 Å². The van der Waals surface area contributed by atoms with Crippen LogP contribution in [0.5, 0.6) is 0 Å². The highest BCUT2D eigenvalue weighted by atomic mass is 35.6. The average Bonchev–Trinajstić information content (AvgIpc) is 1.97. The lowest BCUT2D eigenvalue weighted by Gasteiger charge is -2.45. The molecule has 0 aromatic heterocycles. The SMILES string of the molecule is C[Si](C)(CCl)[C@H]1C(=O)O[C@H]1C(Cl)(Cl)Cl. The molecule has 14 heavy (non-hydrogen) atoms. The van der Waals surface area contributed by atoms with Gasteiger partial charge in [0, 0.05) is 5.50 Å². The maximum atomic E-state index is 11.3. The first-order valence-corrected chi connectivity index (χ1v) is 8.98. The van der Waals surface area contributed by atoms with Gasteiger partial charge in [-0.2, -0.15) is 0 Å². The molecule has 2 nitrogen and oxygen atoms in total. The fraction of sp³-hybridized carbons (Fsp3) is 0.857. The Bertz CT molecular complexity index is 251. The molecule has 1 aliphatic heterocycles. The molecule has 0 saturated carbocycles. The Kier molecular flexibility index (Phi) is 3.71. The maximum Gasteiger partial charge on any atom is 0.310 e. The predicted molar refractivity (Wildman–Crippen MR) is 62.1 cm³/mol. The Morgan fingerprint density at radius 3 is 2.21 bits per heavy atom. The van der Waals surface area contributed by atoms with Crippen molar-refractivity contribution in [2.75, 3.05) is 5.50 Å². The topological polar surface area (TPSA) is 26.3 Å². The summed E-state index contributed by atoms with van der Waals surface area (Å²) in [6.45, 7) is 3.96. The number of esters is 1. The molecular weight excluding hydrogens is 286 g/mol. The minimum absolute atomic E-state index is 0.293. The maximum absolute atomic E-state index is 11.3. The molecule has 82 valence electrons. The Balaban J connectivity index is 2.82. The fourth-order valence-corrected chi connectivity index (χ4v) is 4.72. The molecule has 0 unspecified atom stereocenters. The molecule has 1 heterocycles. The number of halogens is 4. The first-order chi connectivity index (χ1) is 6.20. The van der Waals surface area contributed by atoms with Crippen LogP contribution in [0, 0.1) is 0 Å². The van der Waals surface area contributed by atoms with Crippen LogP contribution in [0.4, 0.5) is 0 Å². The molecular formula is C7H10Cl4O2Si. The van der Waals surface area contributed by atoms with Crippen LogP contribution in [0.3, 0.4) is 0 Å². The van der Waals surface area contributed by atoms with Gasteiger partial charge in [-0.3, -0.25) is 4.79 Å². The van der Waals surface area contributed by atoms with E-state index in [0.29, 0.717) is 5.50 Å². The van der Waals surface area contributed by atoms with Crippen LogP contribution in [-0.4, -0.2) is 29.4 Å². The van der Waals surface area contributed by atoms with E-state index in [4.69, 9.17) is 51.1 Å². The average molecular weight is 296 g/mol. The zero-order chi connectivity index (χ0) is 11.1. The van der Waals surface area contributed by atoms with Gasteiger partial charge in [-0.1, -0.05) is 47.9 Å². The molecule has 1 aliphatic rings. The van der Waals surface area contributed by atoms with E-state index in [2.05, 4.69) is 0 Å². The van der Waals surface area contributed by atoms with E-state index in [1.165, 1.54) is 0 Å². The van der Waals surface area contributed by atoms with Crippen LogP contribution >= 0.6 is 46.4 Å². The minimum atomic E-state index is -1.89. The second kappa shape index (κ2) is 4.02. The molecule has 2 atom stereocenters. The number of carbonyl (C=O) groups is 1. The van der Waals surface area contributed by atoms with Crippen LogP contribution in [0.2, 0.25) is 18.6 Å². The highest BCUT2D eigenvalue weighted by Gasteiger charge is 2.59. The summed E-state index contributed by atoms with van der Waals surface area (Å²) in [5, 5.41) is 0. The Hall–Kier alpha value is 0.847. The summed E-state index contributed by atoms with van der Waals surface area (Å²) in [6.07, 6.45) is -0.639. The van der Waals surface area contributed by atoms with Crippen molar-refractivity contribution in [3.63, 3.8) is 0 Å². The first kappa shape index (κ1) is 12.9. The zero-order valence-electron chi connectivity index (χ0n) is 7.69. The summed E-state index contributed by atoms with van der Waals surface area (Å²) in [4.78, 5) is 11.3. The number of alkyl halides is 4. The molecule has 0 spiro atoms. The molecule has 1 fully saturated rings. The normalized spacial score (nSPS) is 28.3. The second-order valence-corrected chi connectivity index (χ2v) is 12.0. The summed E-state index contributed by atoms with van der Waals surface area (Å²) in [5.41, 5.74) is 0.136. The van der Waals surface area contributed by atoms with Crippen LogP contribution in [0.25, 0.3) is 0 Å². The molecule has 0 aliphatic carbocycles. The summed E-state index contributed by atoms with van der Waals surface area (Å²) in [5.74, 6) is -0.293. The van der Waals surface area contributed by atoms with Gasteiger partial charge in [-0.25, -0.2) is 0 Å². The van der Waals surface area contributed by atoms with Crippen LogP contribution < -0.4 is 0 Å². The van der Waals surface area contributed by atoms with Crippen molar-refractivity contribution in [1.29, 1.82) is 0 Å². The number of carbonyl (C=O) groups excluding carboxylic acids is 1.